The average Bonchev–Trinajstić information content (AvgIpc) is 3.14. The molecule has 0 aliphatic rings. The van der Waals surface area contributed by atoms with Crippen LogP contribution in [0.4, 0.5) is 29.1 Å². The van der Waals surface area contributed by atoms with Crippen LogP contribution < -0.4 is 25.8 Å². The van der Waals surface area contributed by atoms with Crippen molar-refractivity contribution >= 4 is 29.1 Å². The van der Waals surface area contributed by atoms with Gasteiger partial charge >= 0.3 is 0 Å². The lowest BCUT2D eigenvalue weighted by Crippen LogP contribution is -2.06. The molecule has 10 nitrogen and oxygen atoms in total. The van der Waals surface area contributed by atoms with E-state index in [1.165, 1.54) is 11.0 Å². The number of aromatic nitrogens is 5. The van der Waals surface area contributed by atoms with E-state index >= 15 is 0 Å². The van der Waals surface area contributed by atoms with Crippen molar-refractivity contribution in [3.63, 3.8) is 0 Å². The fraction of sp³-hybridized carbons (Fsp3) is 0.100. The Labute approximate surface area is 172 Å². The van der Waals surface area contributed by atoms with Crippen molar-refractivity contribution in [1.29, 1.82) is 0 Å². The Morgan fingerprint density at radius 3 is 2.53 bits per heavy atom. The van der Waals surface area contributed by atoms with Gasteiger partial charge in [-0.25, -0.2) is 9.97 Å². The van der Waals surface area contributed by atoms with E-state index in [9.17, 15) is 0 Å². The van der Waals surface area contributed by atoms with Gasteiger partial charge in [0.15, 0.2) is 17.3 Å². The fourth-order valence-corrected chi connectivity index (χ4v) is 2.85. The molecule has 0 saturated carbocycles. The monoisotopic (exact) mass is 404 g/mol. The van der Waals surface area contributed by atoms with Gasteiger partial charge in [0.1, 0.15) is 12.1 Å². The number of hydrogen-bond acceptors (Lipinski definition) is 9. The molecular weight excluding hydrogens is 384 g/mol. The Hall–Kier alpha value is -4.34. The highest BCUT2D eigenvalue weighted by atomic mass is 16.5. The molecule has 0 aliphatic heterocycles. The maximum atomic E-state index is 6.07. The lowest BCUT2D eigenvalue weighted by molar-refractivity contribution is 0.356. The molecule has 10 heteroatoms. The van der Waals surface area contributed by atoms with Gasteiger partial charge in [0.05, 0.1) is 19.9 Å². The summed E-state index contributed by atoms with van der Waals surface area (Å²) in [5.41, 5.74) is 7.61. The molecule has 0 spiro atoms. The number of ether oxygens (including phenoxy) is 2. The first-order valence-electron chi connectivity index (χ1n) is 9.03. The van der Waals surface area contributed by atoms with Crippen molar-refractivity contribution in [2.24, 2.45) is 0 Å². The van der Waals surface area contributed by atoms with E-state index in [0.29, 0.717) is 28.8 Å². The average molecular weight is 404 g/mol. The predicted octanol–water partition coefficient (Wildman–Crippen LogP) is 3.14. The predicted molar refractivity (Wildman–Crippen MR) is 114 cm³/mol. The maximum Gasteiger partial charge on any atom is 0.249 e. The number of anilines is 5. The van der Waals surface area contributed by atoms with Crippen LogP contribution in [0.15, 0.2) is 60.9 Å². The molecule has 0 unspecified atom stereocenters. The number of hydrogen-bond donors (Lipinski definition) is 3. The molecule has 152 valence electrons. The zero-order valence-corrected chi connectivity index (χ0v) is 16.4. The summed E-state index contributed by atoms with van der Waals surface area (Å²) in [6, 6.07) is 16.9. The molecule has 2 aromatic carbocycles. The standard InChI is InChI=1S/C20H20N8O2/c1-29-15-10-6-9-14(18(15)30-2)25-20-26-19(21)28(27-20)17-11-16(22-12-23-17)24-13-7-4-3-5-8-13/h3-12H,1-2H3,(H,22,23,24)(H3,21,25,26,27). The minimum atomic E-state index is 0.170. The highest BCUT2D eigenvalue weighted by Gasteiger charge is 2.15. The van der Waals surface area contributed by atoms with Gasteiger partial charge in [0.2, 0.25) is 11.9 Å². The van der Waals surface area contributed by atoms with Crippen molar-refractivity contribution in [2.75, 3.05) is 30.6 Å². The van der Waals surface area contributed by atoms with Gasteiger partial charge in [0.25, 0.3) is 0 Å². The maximum absolute atomic E-state index is 6.07. The number of para-hydroxylation sites is 2. The molecule has 0 aliphatic carbocycles. The molecule has 30 heavy (non-hydrogen) atoms. The summed E-state index contributed by atoms with van der Waals surface area (Å²) in [7, 11) is 3.13. The molecule has 4 rings (SSSR count). The number of nitrogens with one attached hydrogen (secondary N) is 2. The van der Waals surface area contributed by atoms with Crippen molar-refractivity contribution in [3.8, 4) is 17.3 Å². The number of nitrogen functional groups attached to an aromatic ring is 1. The van der Waals surface area contributed by atoms with Crippen molar-refractivity contribution in [2.45, 2.75) is 0 Å². The minimum absolute atomic E-state index is 0.170. The van der Waals surface area contributed by atoms with Crippen LogP contribution >= 0.6 is 0 Å². The fourth-order valence-electron chi connectivity index (χ4n) is 2.85. The van der Waals surface area contributed by atoms with Crippen LogP contribution in [0, 0.1) is 0 Å². The number of rotatable bonds is 7. The van der Waals surface area contributed by atoms with Crippen molar-refractivity contribution < 1.29 is 9.47 Å². The second-order valence-corrected chi connectivity index (χ2v) is 6.12. The van der Waals surface area contributed by atoms with Crippen LogP contribution in [0.3, 0.4) is 0 Å². The molecular formula is C20H20N8O2. The van der Waals surface area contributed by atoms with E-state index < -0.39 is 0 Å². The van der Waals surface area contributed by atoms with E-state index in [0.717, 1.165) is 5.69 Å². The molecule has 0 bridgehead atoms. The highest BCUT2D eigenvalue weighted by molar-refractivity contribution is 5.68. The van der Waals surface area contributed by atoms with Crippen molar-refractivity contribution in [1.82, 2.24) is 24.7 Å². The normalized spacial score (nSPS) is 10.5. The molecule has 0 saturated heterocycles. The molecule has 4 N–H and O–H groups in total. The smallest absolute Gasteiger partial charge is 0.249 e. The van der Waals surface area contributed by atoms with Gasteiger partial charge in [-0.2, -0.15) is 9.67 Å². The second kappa shape index (κ2) is 8.35. The third-order valence-electron chi connectivity index (χ3n) is 4.20. The highest BCUT2D eigenvalue weighted by Crippen LogP contribution is 2.36. The summed E-state index contributed by atoms with van der Waals surface area (Å²) < 4.78 is 12.2. The summed E-state index contributed by atoms with van der Waals surface area (Å²) in [4.78, 5) is 12.8. The van der Waals surface area contributed by atoms with Gasteiger partial charge < -0.3 is 25.8 Å². The van der Waals surface area contributed by atoms with E-state index in [-0.39, 0.29) is 11.9 Å². The molecule has 0 fully saturated rings. The number of nitrogens with zero attached hydrogens (tertiary/aromatic N) is 5. The summed E-state index contributed by atoms with van der Waals surface area (Å²) >= 11 is 0. The van der Waals surface area contributed by atoms with Gasteiger partial charge in [-0.1, -0.05) is 24.3 Å². The van der Waals surface area contributed by atoms with Crippen LogP contribution in [0.25, 0.3) is 5.82 Å². The van der Waals surface area contributed by atoms with Crippen LogP contribution in [-0.2, 0) is 0 Å². The molecule has 4 aromatic rings. The molecule has 0 atom stereocenters. The number of benzene rings is 2. The second-order valence-electron chi connectivity index (χ2n) is 6.12. The third kappa shape index (κ3) is 3.92. The van der Waals surface area contributed by atoms with Crippen LogP contribution in [-0.4, -0.2) is 39.0 Å². The Bertz CT molecular complexity index is 1150. The quantitative estimate of drug-likeness (QED) is 0.426. The molecule has 2 aromatic heterocycles. The Morgan fingerprint density at radius 1 is 0.933 bits per heavy atom. The summed E-state index contributed by atoms with van der Waals surface area (Å²) in [6.45, 7) is 0. The topological polar surface area (TPSA) is 125 Å². The summed E-state index contributed by atoms with van der Waals surface area (Å²) in [5.74, 6) is 2.65. The first-order valence-corrected chi connectivity index (χ1v) is 9.03. The zero-order valence-electron chi connectivity index (χ0n) is 16.4. The first-order chi connectivity index (χ1) is 14.7. The SMILES string of the molecule is COc1cccc(Nc2nc(N)n(-c3cc(Nc4ccccc4)ncn3)n2)c1OC. The van der Waals surface area contributed by atoms with Crippen molar-refractivity contribution in [3.05, 3.63) is 60.9 Å². The third-order valence-corrected chi connectivity index (χ3v) is 4.20. The van der Waals surface area contributed by atoms with Crippen LogP contribution in [0.5, 0.6) is 11.5 Å². The summed E-state index contributed by atoms with van der Waals surface area (Å²) in [6.07, 6.45) is 1.43. The Morgan fingerprint density at radius 2 is 1.77 bits per heavy atom. The zero-order chi connectivity index (χ0) is 20.9. The van der Waals surface area contributed by atoms with E-state index in [2.05, 4.69) is 30.7 Å². The molecule has 0 amide bonds. The summed E-state index contributed by atoms with van der Waals surface area (Å²) in [5, 5.41) is 10.7. The molecule has 2 heterocycles. The van der Waals surface area contributed by atoms with Gasteiger partial charge in [-0.15, -0.1) is 5.10 Å². The first kappa shape index (κ1) is 19.0. The van der Waals surface area contributed by atoms with Crippen LogP contribution in [0.2, 0.25) is 0 Å². The minimum Gasteiger partial charge on any atom is -0.493 e. The Balaban J connectivity index is 1.60. The van der Waals surface area contributed by atoms with Crippen LogP contribution in [0.1, 0.15) is 0 Å². The largest absolute Gasteiger partial charge is 0.493 e. The van der Waals surface area contributed by atoms with E-state index in [4.69, 9.17) is 15.2 Å². The number of nitrogens with two attached hydrogens (primary N) is 1. The Kier molecular flexibility index (Phi) is 5.29. The lowest BCUT2D eigenvalue weighted by Gasteiger charge is -2.12. The van der Waals surface area contributed by atoms with E-state index in [1.54, 1.807) is 26.4 Å². The van der Waals surface area contributed by atoms with Gasteiger partial charge in [-0.05, 0) is 24.3 Å². The number of methoxy groups -OCH3 is 2. The molecule has 0 radical (unpaired) electrons. The van der Waals surface area contributed by atoms with E-state index in [1.807, 2.05) is 42.5 Å². The van der Waals surface area contributed by atoms with Gasteiger partial charge in [0, 0.05) is 11.8 Å². The van der Waals surface area contributed by atoms with Gasteiger partial charge in [-0.3, -0.25) is 0 Å². The lowest BCUT2D eigenvalue weighted by atomic mass is 10.2.